The lowest BCUT2D eigenvalue weighted by Gasteiger charge is -1.81. The number of nitrogens with zero attached hydrogens (tertiary/aromatic N) is 1. The molecule has 1 N–H and O–H groups in total. The lowest BCUT2D eigenvalue weighted by molar-refractivity contribution is 1.10. The number of hydrogen-bond donors (Lipinski definition) is 1. The van der Waals surface area contributed by atoms with E-state index in [1.165, 1.54) is 12.5 Å². The number of rotatable bonds is 0. The van der Waals surface area contributed by atoms with Gasteiger partial charge in [-0.2, -0.15) is 0 Å². The first kappa shape index (κ1) is 8.84. The highest BCUT2D eigenvalue weighted by Gasteiger charge is 1.87. The summed E-state index contributed by atoms with van der Waals surface area (Å²) in [5, 5.41) is 0. The molecule has 1 heterocycles. The molecule has 0 aromatic carbocycles. The summed E-state index contributed by atoms with van der Waals surface area (Å²) in [5.41, 5.74) is -0.153. The van der Waals surface area contributed by atoms with Gasteiger partial charge in [-0.3, -0.25) is 4.79 Å². The van der Waals surface area contributed by atoms with E-state index in [9.17, 15) is 4.79 Å². The maximum Gasteiger partial charge on any atom is 0.264 e. The van der Waals surface area contributed by atoms with E-state index < -0.39 is 0 Å². The van der Waals surface area contributed by atoms with E-state index in [4.69, 9.17) is 0 Å². The topological polar surface area (TPSA) is 45.8 Å². The van der Waals surface area contributed by atoms with Crippen molar-refractivity contribution in [2.75, 3.05) is 0 Å². The van der Waals surface area contributed by atoms with Crippen molar-refractivity contribution in [1.29, 1.82) is 0 Å². The zero-order chi connectivity index (χ0) is 5.98. The van der Waals surface area contributed by atoms with Crippen LogP contribution in [0.15, 0.2) is 21.8 Å². The predicted molar refractivity (Wildman–Crippen MR) is 42.9 cm³/mol. The van der Waals surface area contributed by atoms with Crippen LogP contribution in [0, 0.1) is 0 Å². The van der Waals surface area contributed by atoms with Gasteiger partial charge in [0.15, 0.2) is 0 Å². The molecule has 0 fully saturated rings. The fourth-order valence-corrected chi connectivity index (χ4v) is 0.559. The Bertz CT molecular complexity index is 234. The number of hydrogen-bond acceptors (Lipinski definition) is 2. The highest BCUT2D eigenvalue weighted by molar-refractivity contribution is 9.10. The third-order valence-electron chi connectivity index (χ3n) is 0.675. The number of H-pyrrole nitrogens is 1. The van der Waals surface area contributed by atoms with Crippen LogP contribution in [0.3, 0.4) is 0 Å². The average molecular weight is 256 g/mol. The Labute approximate surface area is 70.4 Å². The van der Waals surface area contributed by atoms with Crippen LogP contribution >= 0.6 is 32.9 Å². The van der Waals surface area contributed by atoms with Crippen LogP contribution in [0.5, 0.6) is 0 Å². The minimum atomic E-state index is -0.153. The minimum absolute atomic E-state index is 0. The van der Waals surface area contributed by atoms with Gasteiger partial charge in [0.1, 0.15) is 4.47 Å². The highest BCUT2D eigenvalue weighted by Crippen LogP contribution is 1.94. The van der Waals surface area contributed by atoms with Gasteiger partial charge in [0.25, 0.3) is 5.56 Å². The molecule has 1 rings (SSSR count). The number of aromatic amines is 1. The van der Waals surface area contributed by atoms with E-state index in [1.807, 2.05) is 0 Å². The quantitative estimate of drug-likeness (QED) is 0.755. The standard InChI is InChI=1S/C4H3BrN2O.BrH/c5-3-1-6-2-7-4(3)8;/h1-2H,(H,6,7,8);1H. The summed E-state index contributed by atoms with van der Waals surface area (Å²) < 4.78 is 0.458. The van der Waals surface area contributed by atoms with Crippen LogP contribution in [0.25, 0.3) is 0 Å². The van der Waals surface area contributed by atoms with Crippen molar-refractivity contribution in [3.05, 3.63) is 27.4 Å². The van der Waals surface area contributed by atoms with Crippen LogP contribution in [0.1, 0.15) is 0 Å². The first-order valence-electron chi connectivity index (χ1n) is 1.99. The summed E-state index contributed by atoms with van der Waals surface area (Å²) >= 11 is 2.99. The Morgan fingerprint density at radius 3 is 2.67 bits per heavy atom. The van der Waals surface area contributed by atoms with Crippen LogP contribution in [0.2, 0.25) is 0 Å². The van der Waals surface area contributed by atoms with E-state index >= 15 is 0 Å². The van der Waals surface area contributed by atoms with Crippen molar-refractivity contribution in [2.45, 2.75) is 0 Å². The van der Waals surface area contributed by atoms with Crippen LogP contribution in [-0.2, 0) is 0 Å². The first-order chi connectivity index (χ1) is 3.80. The molecule has 1 aromatic heterocycles. The van der Waals surface area contributed by atoms with E-state index in [2.05, 4.69) is 25.9 Å². The molecule has 0 aliphatic heterocycles. The molecule has 0 saturated carbocycles. The van der Waals surface area contributed by atoms with Gasteiger partial charge in [0.05, 0.1) is 6.33 Å². The second-order valence-electron chi connectivity index (χ2n) is 1.23. The molecule has 3 nitrogen and oxygen atoms in total. The maximum atomic E-state index is 10.5. The number of halogens is 2. The molecule has 0 bridgehead atoms. The van der Waals surface area contributed by atoms with Gasteiger partial charge in [-0.1, -0.05) is 0 Å². The summed E-state index contributed by atoms with van der Waals surface area (Å²) in [6.07, 6.45) is 2.78. The zero-order valence-electron chi connectivity index (χ0n) is 4.30. The summed E-state index contributed by atoms with van der Waals surface area (Å²) in [4.78, 5) is 16.5. The fourth-order valence-electron chi connectivity index (χ4n) is 0.326. The second-order valence-corrected chi connectivity index (χ2v) is 2.08. The Balaban J connectivity index is 0.000000640. The zero-order valence-corrected chi connectivity index (χ0v) is 7.60. The molecule has 0 radical (unpaired) electrons. The second kappa shape index (κ2) is 3.79. The van der Waals surface area contributed by atoms with E-state index in [0.29, 0.717) is 4.47 Å². The third-order valence-corrected chi connectivity index (χ3v) is 1.24. The van der Waals surface area contributed by atoms with Gasteiger partial charge < -0.3 is 4.98 Å². The lowest BCUT2D eigenvalue weighted by Crippen LogP contribution is -2.04. The molecule has 50 valence electrons. The van der Waals surface area contributed by atoms with Crippen molar-refractivity contribution in [3.8, 4) is 0 Å². The fraction of sp³-hybridized carbons (Fsp3) is 0. The molecule has 0 aliphatic carbocycles. The molecule has 0 aliphatic rings. The normalized spacial score (nSPS) is 8.11. The largest absolute Gasteiger partial charge is 0.312 e. The van der Waals surface area contributed by atoms with E-state index in [0.717, 1.165) is 0 Å². The van der Waals surface area contributed by atoms with Crippen molar-refractivity contribution in [3.63, 3.8) is 0 Å². The average Bonchev–Trinajstić information content (AvgIpc) is 1.77. The molecule has 0 amide bonds. The molecule has 1 aromatic rings. The molecule has 0 saturated heterocycles. The van der Waals surface area contributed by atoms with Crippen LogP contribution < -0.4 is 5.56 Å². The Hall–Kier alpha value is -0.160. The summed E-state index contributed by atoms with van der Waals surface area (Å²) in [6.45, 7) is 0. The third kappa shape index (κ3) is 2.28. The summed E-state index contributed by atoms with van der Waals surface area (Å²) in [5.74, 6) is 0. The molecule has 5 heteroatoms. The van der Waals surface area contributed by atoms with Gasteiger partial charge in [0, 0.05) is 6.20 Å². The highest BCUT2D eigenvalue weighted by atomic mass is 79.9. The molecular formula is C4H4Br2N2O. The predicted octanol–water partition coefficient (Wildman–Crippen LogP) is 1.11. The van der Waals surface area contributed by atoms with Crippen molar-refractivity contribution in [1.82, 2.24) is 9.97 Å². The van der Waals surface area contributed by atoms with Crippen LogP contribution in [-0.4, -0.2) is 9.97 Å². The maximum absolute atomic E-state index is 10.5. The molecule has 0 spiro atoms. The summed E-state index contributed by atoms with van der Waals surface area (Å²) in [6, 6.07) is 0. The molecule has 0 unspecified atom stereocenters. The molecular weight excluding hydrogens is 252 g/mol. The van der Waals surface area contributed by atoms with Crippen molar-refractivity contribution < 1.29 is 0 Å². The SMILES string of the molecule is Br.O=c1[nH]cncc1Br. The van der Waals surface area contributed by atoms with Gasteiger partial charge in [0.2, 0.25) is 0 Å². The van der Waals surface area contributed by atoms with Gasteiger partial charge >= 0.3 is 0 Å². The van der Waals surface area contributed by atoms with Crippen LogP contribution in [0.4, 0.5) is 0 Å². The molecule has 0 atom stereocenters. The minimum Gasteiger partial charge on any atom is -0.312 e. The molecule has 9 heavy (non-hydrogen) atoms. The number of nitrogens with one attached hydrogen (secondary N) is 1. The first-order valence-corrected chi connectivity index (χ1v) is 2.78. The van der Waals surface area contributed by atoms with E-state index in [-0.39, 0.29) is 22.5 Å². The van der Waals surface area contributed by atoms with Gasteiger partial charge in [-0.05, 0) is 15.9 Å². The lowest BCUT2D eigenvalue weighted by atomic mass is 10.7. The van der Waals surface area contributed by atoms with Gasteiger partial charge in [-0.25, -0.2) is 4.98 Å². The Morgan fingerprint density at radius 1 is 1.67 bits per heavy atom. The summed E-state index contributed by atoms with van der Waals surface area (Å²) in [7, 11) is 0. The van der Waals surface area contributed by atoms with E-state index in [1.54, 1.807) is 0 Å². The van der Waals surface area contributed by atoms with Gasteiger partial charge in [-0.15, -0.1) is 17.0 Å². The number of aromatic nitrogens is 2. The van der Waals surface area contributed by atoms with Crippen molar-refractivity contribution in [2.24, 2.45) is 0 Å². The Kier molecular flexibility index (Phi) is 3.72. The monoisotopic (exact) mass is 254 g/mol. The van der Waals surface area contributed by atoms with Crippen molar-refractivity contribution >= 4 is 32.9 Å². The smallest absolute Gasteiger partial charge is 0.264 e. The Morgan fingerprint density at radius 2 is 2.33 bits per heavy atom.